The molecule has 11 aromatic rings. The number of furan rings is 2. The van der Waals surface area contributed by atoms with Gasteiger partial charge in [0, 0.05) is 43.8 Å². The summed E-state index contributed by atoms with van der Waals surface area (Å²) in [5.74, 6) is 1.74. The van der Waals surface area contributed by atoms with Crippen molar-refractivity contribution in [2.24, 2.45) is 0 Å². The lowest BCUT2D eigenvalue weighted by atomic mass is 9.95. The second-order valence-corrected chi connectivity index (χ2v) is 13.2. The van der Waals surface area contributed by atoms with E-state index in [0.29, 0.717) is 17.5 Å². The van der Waals surface area contributed by atoms with Crippen molar-refractivity contribution in [3.63, 3.8) is 0 Å². The summed E-state index contributed by atoms with van der Waals surface area (Å²) < 4.78 is 13.1. The maximum absolute atomic E-state index is 6.86. The van der Waals surface area contributed by atoms with Crippen molar-refractivity contribution < 1.29 is 8.83 Å². The van der Waals surface area contributed by atoms with E-state index in [1.54, 1.807) is 0 Å². The van der Waals surface area contributed by atoms with Crippen LogP contribution in [0, 0.1) is 0 Å². The predicted octanol–water partition coefficient (Wildman–Crippen LogP) is 12.6. The minimum absolute atomic E-state index is 0.569. The van der Waals surface area contributed by atoms with Crippen LogP contribution in [0.2, 0.25) is 0 Å². The Morgan fingerprint density at radius 3 is 1.79 bits per heavy atom. The van der Waals surface area contributed by atoms with Crippen LogP contribution in [0.4, 0.5) is 0 Å². The molecule has 52 heavy (non-hydrogen) atoms. The topological polar surface area (TPSA) is 65.0 Å². The zero-order valence-electron chi connectivity index (χ0n) is 27.7. The molecule has 8 aromatic carbocycles. The van der Waals surface area contributed by atoms with E-state index in [-0.39, 0.29) is 0 Å². The number of hydrogen-bond acceptors (Lipinski definition) is 5. The average Bonchev–Trinajstić information content (AvgIpc) is 3.78. The molecule has 0 radical (unpaired) electrons. The van der Waals surface area contributed by atoms with Crippen molar-refractivity contribution in [1.82, 2.24) is 15.0 Å². The van der Waals surface area contributed by atoms with Gasteiger partial charge in [-0.15, -0.1) is 0 Å². The number of para-hydroxylation sites is 1. The zero-order valence-corrected chi connectivity index (χ0v) is 27.7. The van der Waals surface area contributed by atoms with Crippen LogP contribution in [0.5, 0.6) is 0 Å². The van der Waals surface area contributed by atoms with Gasteiger partial charge in [0.2, 0.25) is 0 Å². The van der Waals surface area contributed by atoms with E-state index in [0.717, 1.165) is 82.5 Å². The minimum Gasteiger partial charge on any atom is -0.456 e. The molecule has 3 aromatic heterocycles. The van der Waals surface area contributed by atoms with Crippen LogP contribution in [0.15, 0.2) is 173 Å². The van der Waals surface area contributed by atoms with E-state index < -0.39 is 0 Å². The van der Waals surface area contributed by atoms with Gasteiger partial charge in [0.05, 0.1) is 0 Å². The maximum Gasteiger partial charge on any atom is 0.164 e. The van der Waals surface area contributed by atoms with Crippen LogP contribution < -0.4 is 0 Å². The Labute approximate surface area is 297 Å². The van der Waals surface area contributed by atoms with Gasteiger partial charge in [-0.05, 0) is 69.6 Å². The summed E-state index contributed by atoms with van der Waals surface area (Å²) in [6, 6.07) is 56.3. The lowest BCUT2D eigenvalue weighted by Crippen LogP contribution is -2.01. The Bertz CT molecular complexity index is 3190. The molecule has 0 unspecified atom stereocenters. The first-order valence-electron chi connectivity index (χ1n) is 17.3. The molecule has 0 spiro atoms. The van der Waals surface area contributed by atoms with Crippen LogP contribution in [0.25, 0.3) is 111 Å². The molecule has 0 saturated carbocycles. The molecule has 242 valence electrons. The lowest BCUT2D eigenvalue weighted by Gasteiger charge is -2.11. The molecule has 0 fully saturated rings. The summed E-state index contributed by atoms with van der Waals surface area (Å²) in [7, 11) is 0. The maximum atomic E-state index is 6.86. The summed E-state index contributed by atoms with van der Waals surface area (Å²) in [4.78, 5) is 15.6. The third-order valence-corrected chi connectivity index (χ3v) is 10.1. The first-order valence-corrected chi connectivity index (χ1v) is 17.3. The largest absolute Gasteiger partial charge is 0.456 e. The van der Waals surface area contributed by atoms with Crippen molar-refractivity contribution in [3.05, 3.63) is 164 Å². The second-order valence-electron chi connectivity index (χ2n) is 13.2. The van der Waals surface area contributed by atoms with Gasteiger partial charge in [0.1, 0.15) is 22.3 Å². The van der Waals surface area contributed by atoms with Crippen LogP contribution in [-0.2, 0) is 0 Å². The van der Waals surface area contributed by atoms with E-state index in [2.05, 4.69) is 103 Å². The summed E-state index contributed by atoms with van der Waals surface area (Å²) in [6.45, 7) is 0. The average molecular weight is 666 g/mol. The lowest BCUT2D eigenvalue weighted by molar-refractivity contribution is 0.669. The molecule has 11 rings (SSSR count). The third-order valence-electron chi connectivity index (χ3n) is 10.1. The highest BCUT2D eigenvalue weighted by Crippen LogP contribution is 2.44. The van der Waals surface area contributed by atoms with Crippen LogP contribution in [0.3, 0.4) is 0 Å². The minimum atomic E-state index is 0.569. The van der Waals surface area contributed by atoms with Gasteiger partial charge in [0.15, 0.2) is 17.5 Å². The van der Waals surface area contributed by atoms with Crippen LogP contribution >= 0.6 is 0 Å². The normalized spacial score (nSPS) is 11.8. The molecular weight excluding hydrogens is 639 g/mol. The van der Waals surface area contributed by atoms with E-state index in [1.807, 2.05) is 60.7 Å². The SMILES string of the molecule is c1ccc(-c2nc(-c3cccc4oc5ccccc5c34)nc(-c3ccc(-c4ccc5ccccc5c4)c4oc5cc6ccccc6cc5c34)n2)cc1. The van der Waals surface area contributed by atoms with Gasteiger partial charge < -0.3 is 8.83 Å². The molecule has 0 bridgehead atoms. The number of hydrogen-bond donors (Lipinski definition) is 0. The van der Waals surface area contributed by atoms with E-state index >= 15 is 0 Å². The standard InChI is InChI=1S/C47H27N3O2/c1-2-12-29(13-3-1)45-48-46(36-18-10-20-40-42(36)35-17-8-9-19-39(35)51-40)50-47(49-45)37-24-23-34(33-22-21-28-11-4-5-14-30(28)25-33)44-43(37)38-26-31-15-6-7-16-32(31)27-41(38)52-44/h1-27H. The fourth-order valence-electron chi connectivity index (χ4n) is 7.63. The molecule has 5 heteroatoms. The highest BCUT2D eigenvalue weighted by molar-refractivity contribution is 6.18. The Kier molecular flexibility index (Phi) is 6.18. The zero-order chi connectivity index (χ0) is 34.2. The summed E-state index contributed by atoms with van der Waals surface area (Å²) >= 11 is 0. The molecule has 0 amide bonds. The first-order chi connectivity index (χ1) is 25.7. The van der Waals surface area contributed by atoms with Gasteiger partial charge in [-0.2, -0.15) is 0 Å². The molecule has 0 aliphatic rings. The fourth-order valence-corrected chi connectivity index (χ4v) is 7.63. The number of benzene rings is 8. The van der Waals surface area contributed by atoms with Crippen LogP contribution in [0.1, 0.15) is 0 Å². The Hall–Kier alpha value is -7.11. The molecule has 0 atom stereocenters. The second kappa shape index (κ2) is 11.2. The number of rotatable bonds is 4. The third kappa shape index (κ3) is 4.46. The molecule has 0 saturated heterocycles. The summed E-state index contributed by atoms with van der Waals surface area (Å²) in [5, 5.41) is 8.61. The van der Waals surface area contributed by atoms with Crippen LogP contribution in [-0.4, -0.2) is 15.0 Å². The van der Waals surface area contributed by atoms with Gasteiger partial charge in [0.25, 0.3) is 0 Å². The van der Waals surface area contributed by atoms with Gasteiger partial charge in [-0.25, -0.2) is 15.0 Å². The number of fused-ring (bicyclic) bond motifs is 8. The first kappa shape index (κ1) is 28.7. The van der Waals surface area contributed by atoms with E-state index in [1.165, 1.54) is 10.8 Å². The summed E-state index contributed by atoms with van der Waals surface area (Å²) in [6.07, 6.45) is 0. The quantitative estimate of drug-likeness (QED) is 0.187. The van der Waals surface area contributed by atoms with Crippen molar-refractivity contribution >= 4 is 65.4 Å². The van der Waals surface area contributed by atoms with E-state index in [4.69, 9.17) is 23.8 Å². The monoisotopic (exact) mass is 665 g/mol. The fraction of sp³-hybridized carbons (Fsp3) is 0. The molecule has 0 aliphatic carbocycles. The van der Waals surface area contributed by atoms with Gasteiger partial charge in [-0.3, -0.25) is 0 Å². The molecule has 5 nitrogen and oxygen atoms in total. The summed E-state index contributed by atoms with van der Waals surface area (Å²) in [5.41, 5.74) is 7.98. The molecular formula is C47H27N3O2. The van der Waals surface area contributed by atoms with Crippen molar-refractivity contribution in [1.29, 1.82) is 0 Å². The Morgan fingerprint density at radius 2 is 0.962 bits per heavy atom. The predicted molar refractivity (Wildman–Crippen MR) is 211 cm³/mol. The Morgan fingerprint density at radius 1 is 0.327 bits per heavy atom. The van der Waals surface area contributed by atoms with Crippen molar-refractivity contribution in [2.75, 3.05) is 0 Å². The highest BCUT2D eigenvalue weighted by Gasteiger charge is 2.22. The molecule has 3 heterocycles. The van der Waals surface area contributed by atoms with Gasteiger partial charge in [-0.1, -0.05) is 121 Å². The molecule has 0 N–H and O–H groups in total. The van der Waals surface area contributed by atoms with Crippen molar-refractivity contribution in [3.8, 4) is 45.3 Å². The number of nitrogens with zero attached hydrogens (tertiary/aromatic N) is 3. The van der Waals surface area contributed by atoms with Crippen molar-refractivity contribution in [2.45, 2.75) is 0 Å². The smallest absolute Gasteiger partial charge is 0.164 e. The van der Waals surface area contributed by atoms with Gasteiger partial charge >= 0.3 is 0 Å². The van der Waals surface area contributed by atoms with E-state index in [9.17, 15) is 0 Å². The highest BCUT2D eigenvalue weighted by atomic mass is 16.3. The Balaban J connectivity index is 1.22. The molecule has 0 aliphatic heterocycles. The number of aromatic nitrogens is 3.